The second-order valence-electron chi connectivity index (χ2n) is 9.69. The van der Waals surface area contributed by atoms with E-state index in [-0.39, 0.29) is 6.09 Å². The lowest BCUT2D eigenvalue weighted by atomic mass is 9.97. The maximum Gasteiger partial charge on any atom is 0.410 e. The van der Waals surface area contributed by atoms with Gasteiger partial charge in [0.1, 0.15) is 5.60 Å². The van der Waals surface area contributed by atoms with Crippen molar-refractivity contribution in [3.05, 3.63) is 59.9 Å². The Morgan fingerprint density at radius 1 is 1.09 bits per heavy atom. The normalized spacial score (nSPS) is 14.5. The topological polar surface area (TPSA) is 85.5 Å². The summed E-state index contributed by atoms with van der Waals surface area (Å²) in [5.74, 6) is 0. The Hall–Kier alpha value is -3.81. The van der Waals surface area contributed by atoms with Crippen molar-refractivity contribution in [1.29, 1.82) is 0 Å². The van der Waals surface area contributed by atoms with E-state index in [1.165, 1.54) is 0 Å². The third-order valence-electron chi connectivity index (χ3n) is 5.87. The van der Waals surface area contributed by atoms with Gasteiger partial charge in [0.25, 0.3) is 0 Å². The highest BCUT2D eigenvalue weighted by atomic mass is 16.6. The molecule has 8 heteroatoms. The number of aromatic nitrogens is 5. The number of hydrogen-bond acceptors (Lipinski definition) is 6. The summed E-state index contributed by atoms with van der Waals surface area (Å²) in [4.78, 5) is 23.5. The fraction of sp³-hybridized carbons (Fsp3) is 0.346. The number of rotatable bonds is 2. The Morgan fingerprint density at radius 3 is 2.65 bits per heavy atom. The van der Waals surface area contributed by atoms with Crippen LogP contribution in [0.4, 0.5) is 4.79 Å². The van der Waals surface area contributed by atoms with Gasteiger partial charge in [-0.3, -0.25) is 4.98 Å². The average molecular weight is 457 g/mol. The van der Waals surface area contributed by atoms with Crippen molar-refractivity contribution in [2.75, 3.05) is 13.1 Å². The highest BCUT2D eigenvalue weighted by Gasteiger charge is 2.25. The van der Waals surface area contributed by atoms with Crippen LogP contribution in [0.3, 0.4) is 0 Å². The minimum Gasteiger partial charge on any atom is -0.444 e. The molecule has 34 heavy (non-hydrogen) atoms. The molecular weight excluding hydrogens is 428 g/mol. The van der Waals surface area contributed by atoms with Gasteiger partial charge in [-0.25, -0.2) is 9.78 Å². The number of carbonyl (C=O) groups excluding carboxylic acids is 1. The minimum atomic E-state index is -0.510. The van der Waals surface area contributed by atoms with Crippen molar-refractivity contribution in [2.45, 2.75) is 46.6 Å². The monoisotopic (exact) mass is 456 g/mol. The summed E-state index contributed by atoms with van der Waals surface area (Å²) in [5, 5.41) is 10.8. The standard InChI is InChI=1S/C26H28N6O2/c1-16-14-32-15-22(29-24(32)17(2)28-16)19-7-6-8-20-21(19)13-27-30-23(20)18-9-11-31(12-10-18)25(33)34-26(3,4)5/h6-9,13-15H,10-12H2,1-5H3. The summed E-state index contributed by atoms with van der Waals surface area (Å²) >= 11 is 0. The molecule has 1 aromatic carbocycles. The van der Waals surface area contributed by atoms with Gasteiger partial charge in [0.05, 0.1) is 29.0 Å². The first-order chi connectivity index (χ1) is 16.2. The van der Waals surface area contributed by atoms with Gasteiger partial charge < -0.3 is 14.0 Å². The van der Waals surface area contributed by atoms with Crippen LogP contribution in [0.1, 0.15) is 44.3 Å². The van der Waals surface area contributed by atoms with Crippen LogP contribution in [-0.2, 0) is 4.74 Å². The molecule has 0 N–H and O–H groups in total. The highest BCUT2D eigenvalue weighted by Crippen LogP contribution is 2.33. The van der Waals surface area contributed by atoms with Crippen molar-refractivity contribution in [1.82, 2.24) is 29.5 Å². The smallest absolute Gasteiger partial charge is 0.410 e. The maximum atomic E-state index is 12.4. The zero-order valence-electron chi connectivity index (χ0n) is 20.2. The molecule has 0 bridgehead atoms. The number of carbonyl (C=O) groups is 1. The molecule has 0 saturated carbocycles. The van der Waals surface area contributed by atoms with Crippen LogP contribution in [0.2, 0.25) is 0 Å². The van der Waals surface area contributed by atoms with Crippen molar-refractivity contribution < 1.29 is 9.53 Å². The van der Waals surface area contributed by atoms with E-state index >= 15 is 0 Å². The third-order valence-corrected chi connectivity index (χ3v) is 5.87. The van der Waals surface area contributed by atoms with E-state index in [1.54, 1.807) is 11.1 Å². The van der Waals surface area contributed by atoms with E-state index in [0.29, 0.717) is 19.5 Å². The number of nitrogens with zero attached hydrogens (tertiary/aromatic N) is 6. The summed E-state index contributed by atoms with van der Waals surface area (Å²) in [6.07, 6.45) is 8.26. The molecule has 1 aliphatic rings. The molecule has 1 amide bonds. The SMILES string of the molecule is Cc1cn2cc(-c3cccc4c(C5=CCN(C(=O)OC(C)(C)C)CC5)nncc34)nc2c(C)n1. The molecule has 4 heterocycles. The average Bonchev–Trinajstić information content (AvgIpc) is 3.21. The fourth-order valence-electron chi connectivity index (χ4n) is 4.38. The largest absolute Gasteiger partial charge is 0.444 e. The van der Waals surface area contributed by atoms with E-state index in [9.17, 15) is 4.79 Å². The molecule has 0 spiro atoms. The molecule has 0 unspecified atom stereocenters. The molecule has 0 fully saturated rings. The van der Waals surface area contributed by atoms with E-state index in [0.717, 1.165) is 50.3 Å². The molecule has 0 atom stereocenters. The van der Waals surface area contributed by atoms with Crippen molar-refractivity contribution >= 4 is 28.1 Å². The van der Waals surface area contributed by atoms with Crippen LogP contribution in [0, 0.1) is 13.8 Å². The Labute approximate surface area is 198 Å². The first kappa shape index (κ1) is 22.0. The summed E-state index contributed by atoms with van der Waals surface area (Å²) in [7, 11) is 0. The first-order valence-corrected chi connectivity index (χ1v) is 11.4. The lowest BCUT2D eigenvalue weighted by Gasteiger charge is -2.29. The predicted molar refractivity (Wildman–Crippen MR) is 131 cm³/mol. The Bertz CT molecular complexity index is 1450. The van der Waals surface area contributed by atoms with Gasteiger partial charge >= 0.3 is 6.09 Å². The van der Waals surface area contributed by atoms with E-state index in [4.69, 9.17) is 9.72 Å². The number of fused-ring (bicyclic) bond motifs is 2. The minimum absolute atomic E-state index is 0.291. The second-order valence-corrected chi connectivity index (χ2v) is 9.69. The maximum absolute atomic E-state index is 12.4. The number of hydrogen-bond donors (Lipinski definition) is 0. The number of ether oxygens (including phenoxy) is 1. The molecule has 1 aliphatic heterocycles. The Kier molecular flexibility index (Phi) is 5.31. The van der Waals surface area contributed by atoms with E-state index in [1.807, 2.05) is 63.6 Å². The van der Waals surface area contributed by atoms with Gasteiger partial charge in [-0.05, 0) is 46.6 Å². The summed E-state index contributed by atoms with van der Waals surface area (Å²) in [5.41, 5.74) is 5.98. The summed E-state index contributed by atoms with van der Waals surface area (Å²) < 4.78 is 7.53. The molecule has 8 nitrogen and oxygen atoms in total. The highest BCUT2D eigenvalue weighted by molar-refractivity contribution is 6.00. The van der Waals surface area contributed by atoms with Crippen molar-refractivity contribution in [3.8, 4) is 11.3 Å². The first-order valence-electron chi connectivity index (χ1n) is 11.4. The molecular formula is C26H28N6O2. The zero-order chi connectivity index (χ0) is 24.0. The number of benzene rings is 1. The molecule has 0 saturated heterocycles. The van der Waals surface area contributed by atoms with Gasteiger partial charge in [0, 0.05) is 41.8 Å². The summed E-state index contributed by atoms with van der Waals surface area (Å²) in [6, 6.07) is 6.15. The third kappa shape index (κ3) is 4.11. The predicted octanol–water partition coefficient (Wildman–Crippen LogP) is 4.98. The molecule has 3 aromatic heterocycles. The Morgan fingerprint density at radius 2 is 1.91 bits per heavy atom. The lowest BCUT2D eigenvalue weighted by molar-refractivity contribution is 0.0270. The van der Waals surface area contributed by atoms with Crippen LogP contribution in [0.5, 0.6) is 0 Å². The van der Waals surface area contributed by atoms with E-state index in [2.05, 4.69) is 27.3 Å². The number of amides is 1. The molecule has 5 rings (SSSR count). The van der Waals surface area contributed by atoms with Gasteiger partial charge in [-0.1, -0.05) is 24.3 Å². The van der Waals surface area contributed by atoms with Gasteiger partial charge in [0.2, 0.25) is 0 Å². The van der Waals surface area contributed by atoms with Crippen LogP contribution in [-0.4, -0.2) is 54.2 Å². The number of imidazole rings is 1. The quantitative estimate of drug-likeness (QED) is 0.423. The van der Waals surface area contributed by atoms with Gasteiger partial charge in [-0.15, -0.1) is 0 Å². The molecule has 174 valence electrons. The zero-order valence-corrected chi connectivity index (χ0v) is 20.2. The summed E-state index contributed by atoms with van der Waals surface area (Å²) in [6.45, 7) is 10.6. The van der Waals surface area contributed by atoms with Crippen LogP contribution < -0.4 is 0 Å². The molecule has 0 radical (unpaired) electrons. The lowest BCUT2D eigenvalue weighted by Crippen LogP contribution is -2.39. The molecule has 0 aliphatic carbocycles. The van der Waals surface area contributed by atoms with E-state index < -0.39 is 5.60 Å². The fourth-order valence-corrected chi connectivity index (χ4v) is 4.38. The molecule has 4 aromatic rings. The van der Waals surface area contributed by atoms with Gasteiger partial charge in [0.15, 0.2) is 5.65 Å². The second kappa shape index (κ2) is 8.20. The van der Waals surface area contributed by atoms with Gasteiger partial charge in [-0.2, -0.15) is 10.2 Å². The van der Waals surface area contributed by atoms with Crippen LogP contribution in [0.25, 0.3) is 33.3 Å². The number of aryl methyl sites for hydroxylation is 2. The van der Waals surface area contributed by atoms with Crippen molar-refractivity contribution in [3.63, 3.8) is 0 Å². The Balaban J connectivity index is 1.50. The van der Waals surface area contributed by atoms with Crippen LogP contribution in [0.15, 0.2) is 42.9 Å². The van der Waals surface area contributed by atoms with Crippen LogP contribution >= 0.6 is 0 Å². The van der Waals surface area contributed by atoms with Crippen molar-refractivity contribution in [2.24, 2.45) is 0 Å².